The van der Waals surface area contributed by atoms with Gasteiger partial charge < -0.3 is 10.2 Å². The Hall–Kier alpha value is -2.89. The van der Waals surface area contributed by atoms with Crippen LogP contribution in [0.4, 0.5) is 13.2 Å². The molecule has 3 aliphatic rings. The van der Waals surface area contributed by atoms with Gasteiger partial charge in [-0.05, 0) is 68.8 Å². The normalized spacial score (nSPS) is 22.7. The quantitative estimate of drug-likeness (QED) is 0.497. The molecule has 0 radical (unpaired) electrons. The molecule has 0 bridgehead atoms. The zero-order valence-corrected chi connectivity index (χ0v) is 22.8. The molecule has 1 aromatic carbocycles. The van der Waals surface area contributed by atoms with Gasteiger partial charge >= 0.3 is 6.18 Å². The summed E-state index contributed by atoms with van der Waals surface area (Å²) in [6.45, 7) is 1.25. The molecule has 1 aromatic heterocycles. The van der Waals surface area contributed by atoms with Crippen LogP contribution >= 0.6 is 23.2 Å². The minimum absolute atomic E-state index is 0.00446. The lowest BCUT2D eigenvalue weighted by Gasteiger charge is -2.28. The molecule has 39 heavy (non-hydrogen) atoms. The van der Waals surface area contributed by atoms with Crippen molar-refractivity contribution in [3.8, 4) is 11.8 Å². The average Bonchev–Trinajstić information content (AvgIpc) is 3.76. The molecule has 2 amide bonds. The van der Waals surface area contributed by atoms with E-state index in [4.69, 9.17) is 28.5 Å². The number of halogens is 5. The van der Waals surface area contributed by atoms with Crippen molar-refractivity contribution in [2.75, 3.05) is 6.54 Å². The van der Waals surface area contributed by atoms with Crippen molar-refractivity contribution in [2.45, 2.75) is 66.9 Å². The highest BCUT2D eigenvalue weighted by Gasteiger charge is 2.70. The summed E-state index contributed by atoms with van der Waals surface area (Å²) in [5, 5.41) is 13.5. The Kier molecular flexibility index (Phi) is 7.65. The first-order valence-electron chi connectivity index (χ1n) is 11.8. The first-order chi connectivity index (χ1) is 18.2. The van der Waals surface area contributed by atoms with Crippen LogP contribution in [0.5, 0.6) is 0 Å². The van der Waals surface area contributed by atoms with E-state index in [1.165, 1.54) is 29.2 Å². The summed E-state index contributed by atoms with van der Waals surface area (Å²) in [4.78, 5) is 27.0. The second kappa shape index (κ2) is 10.3. The fourth-order valence-electron chi connectivity index (χ4n) is 4.44. The van der Waals surface area contributed by atoms with Crippen LogP contribution in [0.1, 0.15) is 39.0 Å². The molecule has 5 rings (SSSR count). The molecule has 2 heterocycles. The molecule has 1 N–H and O–H groups in total. The molecule has 210 valence electrons. The van der Waals surface area contributed by atoms with E-state index in [1.807, 2.05) is 6.07 Å². The van der Waals surface area contributed by atoms with Crippen LogP contribution in [0.2, 0.25) is 10.3 Å². The van der Waals surface area contributed by atoms with E-state index in [9.17, 15) is 31.2 Å². The number of benzene rings is 1. The molecule has 10 nitrogen and oxygen atoms in total. The predicted octanol–water partition coefficient (Wildman–Crippen LogP) is 3.47. The maximum Gasteiger partial charge on any atom is 0.403 e. The zero-order chi connectivity index (χ0) is 28.8. The van der Waals surface area contributed by atoms with Crippen molar-refractivity contribution in [3.63, 3.8) is 0 Å². The van der Waals surface area contributed by atoms with Gasteiger partial charge in [0.1, 0.15) is 17.3 Å². The van der Waals surface area contributed by atoms with Crippen LogP contribution < -0.4 is 5.32 Å². The largest absolute Gasteiger partial charge is 0.403 e. The number of likely N-dealkylation sites (tertiary alicyclic amines) is 1. The van der Waals surface area contributed by atoms with Gasteiger partial charge in [0.15, 0.2) is 9.84 Å². The molecule has 2 aliphatic carbocycles. The third kappa shape index (κ3) is 5.57. The van der Waals surface area contributed by atoms with Crippen LogP contribution in [0.3, 0.4) is 0 Å². The van der Waals surface area contributed by atoms with Crippen LogP contribution in [0, 0.1) is 16.7 Å². The van der Waals surface area contributed by atoms with Crippen LogP contribution in [0.15, 0.2) is 29.4 Å². The third-order valence-corrected chi connectivity index (χ3v) is 9.97. The van der Waals surface area contributed by atoms with E-state index < -0.39 is 44.2 Å². The molecular formula is C23H23Cl2F3N6O4S. The van der Waals surface area contributed by atoms with Crippen molar-refractivity contribution < 1.29 is 31.2 Å². The minimum atomic E-state index is -4.65. The second-order valence-electron chi connectivity index (χ2n) is 9.82. The van der Waals surface area contributed by atoms with E-state index in [2.05, 4.69) is 15.4 Å². The van der Waals surface area contributed by atoms with Gasteiger partial charge in [0.25, 0.3) is 0 Å². The van der Waals surface area contributed by atoms with E-state index >= 15 is 0 Å². The lowest BCUT2D eigenvalue weighted by atomic mass is 10.0. The van der Waals surface area contributed by atoms with Gasteiger partial charge in [0.05, 0.1) is 26.9 Å². The van der Waals surface area contributed by atoms with Crippen LogP contribution in [-0.2, 0) is 19.4 Å². The third-order valence-electron chi connectivity index (χ3n) is 7.19. The van der Waals surface area contributed by atoms with E-state index in [-0.39, 0.29) is 41.0 Å². The Morgan fingerprint density at radius 2 is 1.92 bits per heavy atom. The molecule has 1 saturated heterocycles. The molecule has 1 unspecified atom stereocenters. The second-order valence-corrected chi connectivity index (χ2v) is 12.8. The molecule has 2 aromatic rings. The average molecular weight is 607 g/mol. The number of alkyl halides is 3. The number of hydrogen-bond donors (Lipinski definition) is 1. The summed E-state index contributed by atoms with van der Waals surface area (Å²) in [6, 6.07) is 5.52. The molecule has 1 aliphatic heterocycles. The van der Waals surface area contributed by atoms with E-state index in [0.29, 0.717) is 12.1 Å². The minimum Gasteiger partial charge on any atom is -0.340 e. The summed E-state index contributed by atoms with van der Waals surface area (Å²) in [5.41, 5.74) is -2.42. The fraction of sp³-hybridized carbons (Fsp3) is 0.522. The summed E-state index contributed by atoms with van der Waals surface area (Å²) >= 11 is 11.9. The van der Waals surface area contributed by atoms with Crippen molar-refractivity contribution >= 4 is 45.4 Å². The number of carbonyl (C=O) groups excluding carboxylic acids is 2. The summed E-state index contributed by atoms with van der Waals surface area (Å²) < 4.78 is 67.7. The molecular weight excluding hydrogens is 584 g/mol. The summed E-state index contributed by atoms with van der Waals surface area (Å²) in [6.07, 6.45) is -1.63. The Morgan fingerprint density at radius 3 is 2.36 bits per heavy atom. The molecule has 0 spiro atoms. The predicted molar refractivity (Wildman–Crippen MR) is 133 cm³/mol. The van der Waals surface area contributed by atoms with Crippen molar-refractivity contribution in [2.24, 2.45) is 5.41 Å². The lowest BCUT2D eigenvalue weighted by Crippen LogP contribution is -2.46. The number of aromatic nitrogens is 3. The molecule has 2 atom stereocenters. The Balaban J connectivity index is 0.000000379. The monoisotopic (exact) mass is 606 g/mol. The number of sulfone groups is 1. The number of nitrogens with one attached hydrogen (secondary N) is 1. The number of nitriles is 1. The SMILES string of the molecule is C[C@@H]1CC(S(=O)(=O)c2ccc(-n3cnc(Cl)n3)cc2Cl)CN1C(=O)C1(C(F)(F)F)CC1.N#CC1(NC=O)CC1. The van der Waals surface area contributed by atoms with Gasteiger partial charge in [-0.1, -0.05) is 11.6 Å². The fourth-order valence-corrected chi connectivity index (χ4v) is 6.90. The highest BCUT2D eigenvalue weighted by molar-refractivity contribution is 7.92. The van der Waals surface area contributed by atoms with Gasteiger partial charge in [-0.2, -0.15) is 18.4 Å². The maximum atomic E-state index is 13.4. The molecule has 2 saturated carbocycles. The van der Waals surface area contributed by atoms with Crippen LogP contribution in [-0.4, -0.2) is 70.0 Å². The number of carbonyl (C=O) groups is 2. The van der Waals surface area contributed by atoms with Gasteiger partial charge in [-0.15, -0.1) is 5.10 Å². The topological polar surface area (TPSA) is 138 Å². The maximum absolute atomic E-state index is 13.4. The Labute approximate surface area is 232 Å². The number of hydrogen-bond acceptors (Lipinski definition) is 7. The Bertz CT molecular complexity index is 1430. The van der Waals surface area contributed by atoms with Gasteiger partial charge in [-0.25, -0.2) is 18.1 Å². The standard InChI is InChI=1S/C18H17Cl2F3N4O3S.C5H6N2O/c1-10-6-12(8-26(10)15(28)17(4-5-17)18(21,22)23)31(29,30)14-3-2-11(7-13(14)19)27-9-24-16(20)25-27;6-3-5(1-2-5)7-4-8/h2-3,7,9-10,12H,4-6,8H2,1H3;4H,1-2H2,(H,7,8)/t10-,12?;/m1./s1. The van der Waals surface area contributed by atoms with Gasteiger partial charge in [0.2, 0.25) is 17.6 Å². The first kappa shape index (κ1) is 29.1. The van der Waals surface area contributed by atoms with E-state index in [0.717, 1.165) is 17.7 Å². The van der Waals surface area contributed by atoms with Crippen molar-refractivity contribution in [1.29, 1.82) is 5.26 Å². The van der Waals surface area contributed by atoms with Crippen molar-refractivity contribution in [3.05, 3.63) is 34.8 Å². The number of nitrogens with zero attached hydrogens (tertiary/aromatic N) is 5. The van der Waals surface area contributed by atoms with Gasteiger partial charge in [0, 0.05) is 12.6 Å². The molecule has 3 fully saturated rings. The van der Waals surface area contributed by atoms with Gasteiger partial charge in [-0.3, -0.25) is 9.59 Å². The highest BCUT2D eigenvalue weighted by atomic mass is 35.5. The summed E-state index contributed by atoms with van der Waals surface area (Å²) in [5.74, 6) is -1.05. The number of rotatable bonds is 6. The van der Waals surface area contributed by atoms with Crippen LogP contribution in [0.25, 0.3) is 5.69 Å². The molecule has 16 heteroatoms. The highest BCUT2D eigenvalue weighted by Crippen LogP contribution is 2.59. The lowest BCUT2D eigenvalue weighted by molar-refractivity contribution is -0.198. The van der Waals surface area contributed by atoms with Crippen molar-refractivity contribution in [1.82, 2.24) is 25.0 Å². The first-order valence-corrected chi connectivity index (χ1v) is 14.1. The summed E-state index contributed by atoms with van der Waals surface area (Å²) in [7, 11) is -4.00. The zero-order valence-electron chi connectivity index (χ0n) is 20.5. The van der Waals surface area contributed by atoms with E-state index in [1.54, 1.807) is 6.92 Å². The Morgan fingerprint density at radius 1 is 1.26 bits per heavy atom. The smallest absolute Gasteiger partial charge is 0.340 e. The number of amides is 2.